The molecule has 4 atom stereocenters. The minimum atomic E-state index is -0.692. The molecule has 0 aromatic heterocycles. The average Bonchev–Trinajstić information content (AvgIpc) is 3.12. The van der Waals surface area contributed by atoms with Gasteiger partial charge in [-0.3, -0.25) is 24.1 Å². The number of carbonyl (C=O) groups excluding carboxylic acids is 5. The fraction of sp³-hybridized carbons (Fsp3) is 0.395. The Labute approximate surface area is 293 Å². The van der Waals surface area contributed by atoms with Crippen LogP contribution in [0.5, 0.6) is 0 Å². The van der Waals surface area contributed by atoms with Crippen molar-refractivity contribution in [1.29, 1.82) is 0 Å². The lowest BCUT2D eigenvalue weighted by molar-refractivity contribution is -0.130. The van der Waals surface area contributed by atoms with Gasteiger partial charge in [0.15, 0.2) is 0 Å². The van der Waals surface area contributed by atoms with Crippen LogP contribution in [-0.4, -0.2) is 74.6 Å². The Kier molecular flexibility index (Phi) is 13.5. The van der Waals surface area contributed by atoms with Crippen LogP contribution in [0.3, 0.4) is 0 Å². The standard InChI is InChI=1S/C38H48N6O6/c1-24(2)33(37(48)39-5)43-34(45)26(4)40-23-31(19-27-13-8-6-9-14-27)42-36(47)30-20-29(21-32(22-30)44-17-12-18-50-38(44)49)35(46)41-25(3)28-15-10-7-11-16-28/h6-11,13-16,20-22,24-26,31,33,40H,12,17-19,23H2,1-5H3,(H,39,48)(H,41,46)(H,42,47)(H,43,45)/t25-,26+,31+,33+/m1/s1. The summed E-state index contributed by atoms with van der Waals surface area (Å²) >= 11 is 0. The van der Waals surface area contributed by atoms with Gasteiger partial charge in [-0.1, -0.05) is 74.5 Å². The Morgan fingerprint density at radius 2 is 1.42 bits per heavy atom. The van der Waals surface area contributed by atoms with Crippen LogP contribution < -0.4 is 31.5 Å². The molecule has 3 aromatic carbocycles. The first kappa shape index (κ1) is 37.6. The van der Waals surface area contributed by atoms with Gasteiger partial charge in [-0.15, -0.1) is 0 Å². The third kappa shape index (κ3) is 10.4. The predicted octanol–water partition coefficient (Wildman–Crippen LogP) is 3.73. The van der Waals surface area contributed by atoms with Crippen molar-refractivity contribution >= 4 is 35.4 Å². The summed E-state index contributed by atoms with van der Waals surface area (Å²) in [5.41, 5.74) is 2.66. The zero-order chi connectivity index (χ0) is 36.2. The molecule has 0 radical (unpaired) electrons. The van der Waals surface area contributed by atoms with Gasteiger partial charge in [0.05, 0.1) is 18.7 Å². The van der Waals surface area contributed by atoms with Crippen molar-refractivity contribution in [1.82, 2.24) is 26.6 Å². The number of cyclic esters (lactones) is 1. The summed E-state index contributed by atoms with van der Waals surface area (Å²) in [6.07, 6.45) is 0.500. The van der Waals surface area contributed by atoms with Crippen LogP contribution in [0, 0.1) is 5.92 Å². The number of anilines is 1. The van der Waals surface area contributed by atoms with Crippen LogP contribution in [0.15, 0.2) is 78.9 Å². The maximum Gasteiger partial charge on any atom is 0.414 e. The number of ether oxygens (including phenoxy) is 1. The van der Waals surface area contributed by atoms with Crippen LogP contribution in [-0.2, 0) is 20.7 Å². The molecule has 5 N–H and O–H groups in total. The third-order valence-corrected chi connectivity index (χ3v) is 8.59. The fourth-order valence-corrected chi connectivity index (χ4v) is 5.64. The minimum absolute atomic E-state index is 0.118. The Morgan fingerprint density at radius 3 is 2.02 bits per heavy atom. The van der Waals surface area contributed by atoms with Gasteiger partial charge in [-0.05, 0) is 61.9 Å². The smallest absolute Gasteiger partial charge is 0.414 e. The van der Waals surface area contributed by atoms with Gasteiger partial charge in [-0.2, -0.15) is 0 Å². The van der Waals surface area contributed by atoms with E-state index in [1.165, 1.54) is 18.0 Å². The summed E-state index contributed by atoms with van der Waals surface area (Å²) in [6, 6.07) is 21.7. The summed E-state index contributed by atoms with van der Waals surface area (Å²) in [4.78, 5) is 67.0. The summed E-state index contributed by atoms with van der Waals surface area (Å²) in [5.74, 6) is -1.61. The number of likely N-dealkylation sites (N-methyl/N-ethyl adjacent to an activating group) is 1. The Hall–Kier alpha value is -5.23. The van der Waals surface area contributed by atoms with E-state index in [9.17, 15) is 24.0 Å². The fourth-order valence-electron chi connectivity index (χ4n) is 5.64. The lowest BCUT2D eigenvalue weighted by Crippen LogP contribution is -2.55. The van der Waals surface area contributed by atoms with E-state index in [1.807, 2.05) is 81.4 Å². The van der Waals surface area contributed by atoms with Crippen molar-refractivity contribution in [3.63, 3.8) is 0 Å². The molecule has 0 unspecified atom stereocenters. The third-order valence-electron chi connectivity index (χ3n) is 8.59. The highest BCUT2D eigenvalue weighted by Gasteiger charge is 2.27. The molecular weight excluding hydrogens is 636 g/mol. The molecule has 12 nitrogen and oxygen atoms in total. The monoisotopic (exact) mass is 684 g/mol. The Bertz CT molecular complexity index is 1630. The van der Waals surface area contributed by atoms with Crippen LogP contribution in [0.1, 0.15) is 72.0 Å². The number of hydrogen-bond donors (Lipinski definition) is 5. The second-order valence-corrected chi connectivity index (χ2v) is 12.8. The first-order chi connectivity index (χ1) is 24.0. The van der Waals surface area contributed by atoms with E-state index in [2.05, 4.69) is 26.6 Å². The van der Waals surface area contributed by atoms with Crippen molar-refractivity contribution in [2.75, 3.05) is 31.6 Å². The number of amides is 5. The van der Waals surface area contributed by atoms with E-state index in [-0.39, 0.29) is 41.4 Å². The molecule has 0 saturated carbocycles. The SMILES string of the molecule is CNC(=O)[C@@H](NC(=O)[C@H](C)NC[C@H](Cc1ccccc1)NC(=O)c1cc(C(=O)N[C@H](C)c2ccccc2)cc(N2CCCOC2=O)c1)C(C)C. The van der Waals surface area contributed by atoms with Crippen LogP contribution in [0.2, 0.25) is 0 Å². The lowest BCUT2D eigenvalue weighted by atomic mass is 10.0. The quantitative estimate of drug-likeness (QED) is 0.163. The second kappa shape index (κ2) is 18.0. The van der Waals surface area contributed by atoms with Crippen LogP contribution >= 0.6 is 0 Å². The number of nitrogens with zero attached hydrogens (tertiary/aromatic N) is 1. The predicted molar refractivity (Wildman–Crippen MR) is 192 cm³/mol. The van der Waals surface area contributed by atoms with Crippen LogP contribution in [0.4, 0.5) is 10.5 Å². The number of hydrogen-bond acceptors (Lipinski definition) is 7. The van der Waals surface area contributed by atoms with Crippen molar-refractivity contribution in [2.45, 2.75) is 64.7 Å². The number of carbonyl (C=O) groups is 5. The molecule has 3 aromatic rings. The molecular formula is C38H48N6O6. The summed E-state index contributed by atoms with van der Waals surface area (Å²) in [6.45, 7) is 8.17. The van der Waals surface area contributed by atoms with Gasteiger partial charge in [0.2, 0.25) is 11.8 Å². The number of rotatable bonds is 15. The molecule has 0 spiro atoms. The Morgan fingerprint density at radius 1 is 0.800 bits per heavy atom. The summed E-state index contributed by atoms with van der Waals surface area (Å²) < 4.78 is 5.25. The van der Waals surface area contributed by atoms with Crippen molar-refractivity contribution in [2.24, 2.45) is 5.92 Å². The average molecular weight is 685 g/mol. The highest BCUT2D eigenvalue weighted by molar-refractivity contribution is 6.03. The maximum absolute atomic E-state index is 14.0. The van der Waals surface area contributed by atoms with E-state index < -0.39 is 36.0 Å². The molecule has 4 rings (SSSR count). The first-order valence-corrected chi connectivity index (χ1v) is 17.0. The van der Waals surface area contributed by atoms with Gasteiger partial charge in [0, 0.05) is 43.0 Å². The Balaban J connectivity index is 1.56. The van der Waals surface area contributed by atoms with E-state index in [1.54, 1.807) is 19.1 Å². The molecule has 5 amide bonds. The lowest BCUT2D eigenvalue weighted by Gasteiger charge is -2.27. The summed E-state index contributed by atoms with van der Waals surface area (Å²) in [5, 5.41) is 14.7. The largest absolute Gasteiger partial charge is 0.449 e. The van der Waals surface area contributed by atoms with Crippen LogP contribution in [0.25, 0.3) is 0 Å². The van der Waals surface area contributed by atoms with E-state index in [4.69, 9.17) is 4.74 Å². The second-order valence-electron chi connectivity index (χ2n) is 12.8. The molecule has 1 saturated heterocycles. The number of nitrogens with one attached hydrogen (secondary N) is 5. The molecule has 266 valence electrons. The zero-order valence-corrected chi connectivity index (χ0v) is 29.3. The first-order valence-electron chi connectivity index (χ1n) is 17.0. The molecule has 0 aliphatic carbocycles. The maximum atomic E-state index is 14.0. The van der Waals surface area contributed by atoms with Gasteiger partial charge in [0.25, 0.3) is 11.8 Å². The van der Waals surface area contributed by atoms with Crippen molar-refractivity contribution in [3.05, 3.63) is 101 Å². The molecule has 0 bridgehead atoms. The molecule has 1 fully saturated rings. The zero-order valence-electron chi connectivity index (χ0n) is 29.3. The van der Waals surface area contributed by atoms with E-state index in [0.29, 0.717) is 31.7 Å². The van der Waals surface area contributed by atoms with Crippen molar-refractivity contribution < 1.29 is 28.7 Å². The summed E-state index contributed by atoms with van der Waals surface area (Å²) in [7, 11) is 1.52. The van der Waals surface area contributed by atoms with E-state index >= 15 is 0 Å². The molecule has 1 aliphatic rings. The molecule has 1 aliphatic heterocycles. The van der Waals surface area contributed by atoms with Gasteiger partial charge in [0.1, 0.15) is 6.04 Å². The minimum Gasteiger partial charge on any atom is -0.449 e. The molecule has 50 heavy (non-hydrogen) atoms. The highest BCUT2D eigenvalue weighted by Crippen LogP contribution is 2.24. The highest BCUT2D eigenvalue weighted by atomic mass is 16.6. The van der Waals surface area contributed by atoms with E-state index in [0.717, 1.165) is 11.1 Å². The van der Waals surface area contributed by atoms with Gasteiger partial charge < -0.3 is 31.3 Å². The molecule has 12 heteroatoms. The normalized spacial score (nSPS) is 15.2. The number of benzene rings is 3. The topological polar surface area (TPSA) is 158 Å². The molecule has 1 heterocycles. The van der Waals surface area contributed by atoms with Crippen molar-refractivity contribution in [3.8, 4) is 0 Å². The van der Waals surface area contributed by atoms with Gasteiger partial charge >= 0.3 is 6.09 Å². The van der Waals surface area contributed by atoms with Gasteiger partial charge in [-0.25, -0.2) is 4.79 Å².